The quantitative estimate of drug-likeness (QED) is 0.297. The highest BCUT2D eigenvalue weighted by Gasteiger charge is 2.17. The van der Waals surface area contributed by atoms with E-state index in [1.165, 1.54) is 23.1 Å². The van der Waals surface area contributed by atoms with Crippen LogP contribution in [0.15, 0.2) is 45.9 Å². The van der Waals surface area contributed by atoms with E-state index >= 15 is 0 Å². The maximum atomic E-state index is 12.7. The number of esters is 1. The zero-order chi connectivity index (χ0) is 24.7. The summed E-state index contributed by atoms with van der Waals surface area (Å²) in [5, 5.41) is 7.72. The fourth-order valence-electron chi connectivity index (χ4n) is 2.91. The van der Waals surface area contributed by atoms with Gasteiger partial charge < -0.3 is 14.8 Å². The fourth-order valence-corrected chi connectivity index (χ4v) is 4.95. The molecule has 0 spiro atoms. The first-order chi connectivity index (χ1) is 16.1. The van der Waals surface area contributed by atoms with Crippen LogP contribution in [-0.4, -0.2) is 39.0 Å². The van der Waals surface area contributed by atoms with Crippen molar-refractivity contribution in [1.29, 1.82) is 0 Å². The highest BCUT2D eigenvalue weighted by Crippen LogP contribution is 2.35. The molecule has 0 atom stereocenters. The summed E-state index contributed by atoms with van der Waals surface area (Å²) >= 11 is 2.98. The Morgan fingerprint density at radius 1 is 1.18 bits per heavy atom. The number of hydrogen-bond donors (Lipinski definition) is 1. The summed E-state index contributed by atoms with van der Waals surface area (Å²) in [4.78, 5) is 29.8. The lowest BCUT2D eigenvalue weighted by atomic mass is 10.1. The lowest BCUT2D eigenvalue weighted by Crippen LogP contribution is -2.32. The molecule has 1 amide bonds. The summed E-state index contributed by atoms with van der Waals surface area (Å²) < 4.78 is 13.4. The number of carbonyl (C=O) groups excluding carboxylic acids is 2. The average Bonchev–Trinajstić information content (AvgIpc) is 3.40. The molecule has 3 aromatic rings. The van der Waals surface area contributed by atoms with E-state index < -0.39 is 11.7 Å². The smallest absolute Gasteiger partial charge is 0.408 e. The standard InChI is InChI=1S/C24H30N4O4S2/c1-6-7-8-31-22(29)17-9-16(18-12-27-28(5)15-18)10-19(11-17)33-21-14-25-20(34-21)13-26-23(30)32-24(2,3)4/h9-12,14-15H,6-8,13H2,1-5H3,(H,26,30). The second-order valence-corrected chi connectivity index (χ2v) is 11.2. The largest absolute Gasteiger partial charge is 0.462 e. The van der Waals surface area contributed by atoms with Gasteiger partial charge in [-0.2, -0.15) is 5.10 Å². The minimum absolute atomic E-state index is 0.283. The molecule has 2 aromatic heterocycles. The third kappa shape index (κ3) is 7.88. The molecule has 0 radical (unpaired) electrons. The molecule has 1 N–H and O–H groups in total. The number of benzene rings is 1. The van der Waals surface area contributed by atoms with E-state index in [-0.39, 0.29) is 12.5 Å². The van der Waals surface area contributed by atoms with Crippen LogP contribution in [0.3, 0.4) is 0 Å². The van der Waals surface area contributed by atoms with Crippen LogP contribution in [-0.2, 0) is 23.1 Å². The molecule has 0 fully saturated rings. The van der Waals surface area contributed by atoms with E-state index in [0.29, 0.717) is 12.2 Å². The summed E-state index contributed by atoms with van der Waals surface area (Å²) in [6, 6.07) is 5.68. The van der Waals surface area contributed by atoms with Crippen molar-refractivity contribution in [3.63, 3.8) is 0 Å². The van der Waals surface area contributed by atoms with Crippen molar-refractivity contribution in [2.75, 3.05) is 6.61 Å². The zero-order valence-electron chi connectivity index (χ0n) is 20.1. The Bertz CT molecular complexity index is 1130. The fraction of sp³-hybridized carbons (Fsp3) is 0.417. The van der Waals surface area contributed by atoms with Gasteiger partial charge in [0.15, 0.2) is 0 Å². The van der Waals surface area contributed by atoms with E-state index in [0.717, 1.165) is 38.1 Å². The number of aromatic nitrogens is 3. The molecule has 2 heterocycles. The van der Waals surface area contributed by atoms with Crippen LogP contribution in [0.1, 0.15) is 55.9 Å². The number of thiazole rings is 1. The maximum absolute atomic E-state index is 12.7. The molecule has 0 saturated heterocycles. The predicted octanol–water partition coefficient (Wildman–Crippen LogP) is 5.68. The Morgan fingerprint density at radius 3 is 2.65 bits per heavy atom. The predicted molar refractivity (Wildman–Crippen MR) is 133 cm³/mol. The van der Waals surface area contributed by atoms with E-state index in [9.17, 15) is 9.59 Å². The molecular weight excluding hydrogens is 472 g/mol. The Morgan fingerprint density at radius 2 is 1.97 bits per heavy atom. The van der Waals surface area contributed by atoms with Gasteiger partial charge in [0.05, 0.1) is 35.3 Å². The molecular formula is C24H30N4O4S2. The van der Waals surface area contributed by atoms with Crippen molar-refractivity contribution in [2.24, 2.45) is 7.05 Å². The summed E-state index contributed by atoms with van der Waals surface area (Å²) in [5.74, 6) is -0.340. The van der Waals surface area contributed by atoms with Crippen LogP contribution in [0, 0.1) is 0 Å². The van der Waals surface area contributed by atoms with Gasteiger partial charge >= 0.3 is 12.1 Å². The Kier molecular flexibility index (Phi) is 8.73. The number of ether oxygens (including phenoxy) is 2. The minimum Gasteiger partial charge on any atom is -0.462 e. The van der Waals surface area contributed by atoms with Gasteiger partial charge in [0, 0.05) is 23.7 Å². The molecule has 34 heavy (non-hydrogen) atoms. The first kappa shape index (κ1) is 25.8. The van der Waals surface area contributed by atoms with Crippen LogP contribution in [0.2, 0.25) is 0 Å². The number of rotatable bonds is 9. The maximum Gasteiger partial charge on any atom is 0.408 e. The number of carbonyl (C=O) groups is 2. The summed E-state index contributed by atoms with van der Waals surface area (Å²) in [6.07, 6.45) is 6.74. The number of aryl methyl sites for hydroxylation is 1. The van der Waals surface area contributed by atoms with Gasteiger partial charge in [0.1, 0.15) is 10.6 Å². The van der Waals surface area contributed by atoms with Crippen LogP contribution in [0.25, 0.3) is 11.1 Å². The highest BCUT2D eigenvalue weighted by molar-refractivity contribution is 8.01. The summed E-state index contributed by atoms with van der Waals surface area (Å²) in [7, 11) is 1.85. The van der Waals surface area contributed by atoms with Crippen LogP contribution < -0.4 is 5.32 Å². The van der Waals surface area contributed by atoms with Crippen LogP contribution >= 0.6 is 23.1 Å². The molecule has 10 heteroatoms. The van der Waals surface area contributed by atoms with Gasteiger partial charge in [-0.05, 0) is 51.0 Å². The van der Waals surface area contributed by atoms with Gasteiger partial charge in [0.2, 0.25) is 0 Å². The van der Waals surface area contributed by atoms with E-state index in [4.69, 9.17) is 9.47 Å². The van der Waals surface area contributed by atoms with Crippen molar-refractivity contribution in [3.8, 4) is 11.1 Å². The number of unbranched alkanes of at least 4 members (excludes halogenated alkanes) is 1. The normalized spacial score (nSPS) is 11.3. The average molecular weight is 503 g/mol. The molecule has 8 nitrogen and oxygen atoms in total. The molecule has 1 aromatic carbocycles. The second-order valence-electron chi connectivity index (χ2n) is 8.67. The van der Waals surface area contributed by atoms with Gasteiger partial charge in [-0.3, -0.25) is 4.68 Å². The van der Waals surface area contributed by atoms with Crippen molar-refractivity contribution in [2.45, 2.75) is 61.8 Å². The van der Waals surface area contributed by atoms with E-state index in [1.807, 2.05) is 52.2 Å². The number of hydrogen-bond acceptors (Lipinski definition) is 8. The summed E-state index contributed by atoms with van der Waals surface area (Å²) in [5.41, 5.74) is 1.75. The minimum atomic E-state index is -0.553. The number of nitrogens with zero attached hydrogens (tertiary/aromatic N) is 3. The van der Waals surface area contributed by atoms with Crippen LogP contribution in [0.4, 0.5) is 4.79 Å². The molecule has 0 aliphatic heterocycles. The molecule has 0 aliphatic rings. The van der Waals surface area contributed by atoms with Crippen molar-refractivity contribution in [3.05, 3.63) is 47.4 Å². The Labute approximate surface area is 208 Å². The first-order valence-corrected chi connectivity index (χ1v) is 12.7. The number of alkyl carbamates (subject to hydrolysis) is 1. The molecule has 0 bridgehead atoms. The molecule has 0 aliphatic carbocycles. The topological polar surface area (TPSA) is 95.3 Å². The summed E-state index contributed by atoms with van der Waals surface area (Å²) in [6.45, 7) is 8.19. The second kappa shape index (κ2) is 11.5. The molecule has 182 valence electrons. The Balaban J connectivity index is 1.75. The lowest BCUT2D eigenvalue weighted by molar-refractivity contribution is 0.0495. The molecule has 0 saturated carbocycles. The van der Waals surface area contributed by atoms with Gasteiger partial charge in [-0.25, -0.2) is 14.6 Å². The van der Waals surface area contributed by atoms with E-state index in [1.54, 1.807) is 17.1 Å². The number of nitrogens with one attached hydrogen (secondary N) is 1. The van der Waals surface area contributed by atoms with Crippen LogP contribution in [0.5, 0.6) is 0 Å². The van der Waals surface area contributed by atoms with Crippen molar-refractivity contribution in [1.82, 2.24) is 20.1 Å². The van der Waals surface area contributed by atoms with Gasteiger partial charge in [-0.15, -0.1) is 11.3 Å². The monoisotopic (exact) mass is 502 g/mol. The van der Waals surface area contributed by atoms with Crippen molar-refractivity contribution >= 4 is 35.2 Å². The zero-order valence-corrected chi connectivity index (χ0v) is 21.7. The van der Waals surface area contributed by atoms with E-state index in [2.05, 4.69) is 22.3 Å². The van der Waals surface area contributed by atoms with Gasteiger partial charge in [0.25, 0.3) is 0 Å². The number of amides is 1. The first-order valence-electron chi connectivity index (χ1n) is 11.0. The highest BCUT2D eigenvalue weighted by atomic mass is 32.2. The third-order valence-corrected chi connectivity index (χ3v) is 6.52. The molecule has 0 unspecified atom stereocenters. The van der Waals surface area contributed by atoms with Gasteiger partial charge in [-0.1, -0.05) is 25.1 Å². The SMILES string of the molecule is CCCCOC(=O)c1cc(Sc2cnc(CNC(=O)OC(C)(C)C)s2)cc(-c2cnn(C)c2)c1. The lowest BCUT2D eigenvalue weighted by Gasteiger charge is -2.19. The Hall–Kier alpha value is -2.85. The molecule has 3 rings (SSSR count). The third-order valence-electron chi connectivity index (χ3n) is 4.45. The van der Waals surface area contributed by atoms with Crippen molar-refractivity contribution < 1.29 is 19.1 Å².